The lowest BCUT2D eigenvalue weighted by Crippen LogP contribution is -2.14. The molecule has 1 aromatic rings. The van der Waals surface area contributed by atoms with E-state index in [0.29, 0.717) is 6.04 Å². The number of aryl methyl sites for hydroxylation is 1. The summed E-state index contributed by atoms with van der Waals surface area (Å²) in [6, 6.07) is 0.372. The molecule has 0 spiro atoms. The van der Waals surface area contributed by atoms with E-state index in [4.69, 9.17) is 0 Å². The Hall–Kier alpha value is -0.600. The first-order chi connectivity index (χ1) is 6.15. The summed E-state index contributed by atoms with van der Waals surface area (Å²) in [6.45, 7) is 6.42. The zero-order valence-corrected chi connectivity index (χ0v) is 9.53. The summed E-state index contributed by atoms with van der Waals surface area (Å²) in [5, 5.41) is 7.72. The molecule has 1 atom stereocenters. The zero-order valence-electron chi connectivity index (χ0n) is 8.72. The monoisotopic (exact) mass is 195 g/mol. The molecule has 1 N–H and O–H groups in total. The van der Waals surface area contributed by atoms with Crippen LogP contribution in [-0.2, 0) is 0 Å². The van der Waals surface area contributed by atoms with Gasteiger partial charge in [0.25, 0.3) is 0 Å². The Balaban J connectivity index is 2.91. The average Bonchev–Trinajstić information content (AvgIpc) is 2.47. The molecule has 1 nitrogen and oxygen atoms in total. The van der Waals surface area contributed by atoms with Crippen molar-refractivity contribution in [3.63, 3.8) is 0 Å². The van der Waals surface area contributed by atoms with Crippen molar-refractivity contribution in [3.8, 4) is 0 Å². The molecule has 1 unspecified atom stereocenters. The first-order valence-corrected chi connectivity index (χ1v) is 5.44. The number of nitrogens with one attached hydrogen (secondary N) is 1. The number of allylic oxidation sites excluding steroid dienone is 1. The number of rotatable bonds is 3. The quantitative estimate of drug-likeness (QED) is 0.730. The molecule has 0 saturated heterocycles. The Labute approximate surface area is 84.5 Å². The SMILES string of the molecule is CNC(C=C(C)C)c1cscc1C. The van der Waals surface area contributed by atoms with E-state index in [-0.39, 0.29) is 0 Å². The Morgan fingerprint density at radius 1 is 1.46 bits per heavy atom. The Morgan fingerprint density at radius 3 is 2.54 bits per heavy atom. The molecule has 0 fully saturated rings. The highest BCUT2D eigenvalue weighted by atomic mass is 32.1. The third-order valence-electron chi connectivity index (χ3n) is 2.04. The minimum atomic E-state index is 0.372. The molecule has 0 amide bonds. The summed E-state index contributed by atoms with van der Waals surface area (Å²) < 4.78 is 0. The molecule has 2 heteroatoms. The van der Waals surface area contributed by atoms with Gasteiger partial charge in [0.1, 0.15) is 0 Å². The van der Waals surface area contributed by atoms with E-state index in [9.17, 15) is 0 Å². The molecule has 0 radical (unpaired) electrons. The van der Waals surface area contributed by atoms with Crippen molar-refractivity contribution in [1.29, 1.82) is 0 Å². The lowest BCUT2D eigenvalue weighted by molar-refractivity contribution is 0.708. The van der Waals surface area contributed by atoms with Gasteiger partial charge in [-0.05, 0) is 49.7 Å². The van der Waals surface area contributed by atoms with Gasteiger partial charge in [0.15, 0.2) is 0 Å². The van der Waals surface area contributed by atoms with Gasteiger partial charge in [0, 0.05) is 0 Å². The maximum Gasteiger partial charge on any atom is 0.0517 e. The van der Waals surface area contributed by atoms with Crippen LogP contribution in [0.3, 0.4) is 0 Å². The topological polar surface area (TPSA) is 12.0 Å². The second-order valence-corrected chi connectivity index (χ2v) is 4.26. The summed E-state index contributed by atoms with van der Waals surface area (Å²) in [7, 11) is 2.00. The lowest BCUT2D eigenvalue weighted by atomic mass is 10.0. The molecule has 0 aliphatic carbocycles. The van der Waals surface area contributed by atoms with Crippen LogP contribution in [0.25, 0.3) is 0 Å². The highest BCUT2D eigenvalue weighted by Crippen LogP contribution is 2.23. The standard InChI is InChI=1S/C11H17NS/c1-8(2)5-11(12-4)10-7-13-6-9(10)3/h5-7,11-12H,1-4H3. The van der Waals surface area contributed by atoms with Crippen LogP contribution in [0.15, 0.2) is 22.4 Å². The second-order valence-electron chi connectivity index (χ2n) is 3.52. The van der Waals surface area contributed by atoms with Gasteiger partial charge >= 0.3 is 0 Å². The fourth-order valence-electron chi connectivity index (χ4n) is 1.35. The summed E-state index contributed by atoms with van der Waals surface area (Å²) in [4.78, 5) is 0. The van der Waals surface area contributed by atoms with Crippen molar-refractivity contribution in [1.82, 2.24) is 5.32 Å². The largest absolute Gasteiger partial charge is 0.310 e. The van der Waals surface area contributed by atoms with Gasteiger partial charge in [-0.25, -0.2) is 0 Å². The maximum absolute atomic E-state index is 3.31. The molecule has 72 valence electrons. The predicted molar refractivity (Wildman–Crippen MR) is 60.3 cm³/mol. The van der Waals surface area contributed by atoms with Crippen LogP contribution in [0.2, 0.25) is 0 Å². The van der Waals surface area contributed by atoms with Gasteiger partial charge in [0.2, 0.25) is 0 Å². The highest BCUT2D eigenvalue weighted by molar-refractivity contribution is 7.08. The fourth-order valence-corrected chi connectivity index (χ4v) is 2.24. The molecule has 13 heavy (non-hydrogen) atoms. The zero-order chi connectivity index (χ0) is 9.84. The van der Waals surface area contributed by atoms with Crippen molar-refractivity contribution in [3.05, 3.63) is 33.5 Å². The van der Waals surface area contributed by atoms with Crippen LogP contribution >= 0.6 is 11.3 Å². The van der Waals surface area contributed by atoms with E-state index >= 15 is 0 Å². The van der Waals surface area contributed by atoms with Gasteiger partial charge in [-0.15, -0.1) is 0 Å². The highest BCUT2D eigenvalue weighted by Gasteiger charge is 2.08. The van der Waals surface area contributed by atoms with Crippen molar-refractivity contribution >= 4 is 11.3 Å². The number of hydrogen-bond donors (Lipinski definition) is 1. The molecular weight excluding hydrogens is 178 g/mol. The molecule has 1 heterocycles. The van der Waals surface area contributed by atoms with Gasteiger partial charge in [-0.3, -0.25) is 0 Å². The first-order valence-electron chi connectivity index (χ1n) is 4.50. The van der Waals surface area contributed by atoms with Crippen molar-refractivity contribution < 1.29 is 0 Å². The lowest BCUT2D eigenvalue weighted by Gasteiger charge is -2.12. The molecule has 0 bridgehead atoms. The Morgan fingerprint density at radius 2 is 2.15 bits per heavy atom. The van der Waals surface area contributed by atoms with Crippen LogP contribution in [-0.4, -0.2) is 7.05 Å². The van der Waals surface area contributed by atoms with E-state index in [0.717, 1.165) is 0 Å². The predicted octanol–water partition coefficient (Wildman–Crippen LogP) is 3.28. The van der Waals surface area contributed by atoms with E-state index in [1.54, 1.807) is 11.3 Å². The normalized spacial score (nSPS) is 12.6. The minimum Gasteiger partial charge on any atom is -0.310 e. The van der Waals surface area contributed by atoms with Crippen LogP contribution < -0.4 is 5.32 Å². The second kappa shape index (κ2) is 4.58. The molecule has 1 rings (SSSR count). The Kier molecular flexibility index (Phi) is 3.70. The van der Waals surface area contributed by atoms with Gasteiger partial charge in [-0.2, -0.15) is 11.3 Å². The van der Waals surface area contributed by atoms with Crippen LogP contribution in [0.4, 0.5) is 0 Å². The third-order valence-corrected chi connectivity index (χ3v) is 2.92. The molecule has 1 aromatic heterocycles. The van der Waals surface area contributed by atoms with Gasteiger partial charge in [0.05, 0.1) is 6.04 Å². The molecule has 0 aliphatic rings. The number of likely N-dealkylation sites (N-methyl/N-ethyl adjacent to an activating group) is 1. The van der Waals surface area contributed by atoms with Crippen LogP contribution in [0, 0.1) is 6.92 Å². The summed E-state index contributed by atoms with van der Waals surface area (Å²) in [5.74, 6) is 0. The number of thiophene rings is 1. The fraction of sp³-hybridized carbons (Fsp3) is 0.455. The van der Waals surface area contributed by atoms with E-state index < -0.39 is 0 Å². The smallest absolute Gasteiger partial charge is 0.0517 e. The van der Waals surface area contributed by atoms with Crippen LogP contribution in [0.5, 0.6) is 0 Å². The first kappa shape index (κ1) is 10.5. The van der Waals surface area contributed by atoms with Crippen molar-refractivity contribution in [2.24, 2.45) is 0 Å². The van der Waals surface area contributed by atoms with Gasteiger partial charge < -0.3 is 5.32 Å². The third kappa shape index (κ3) is 2.68. The molecule has 0 saturated carbocycles. The molecule has 0 aliphatic heterocycles. The van der Waals surface area contributed by atoms with Gasteiger partial charge in [-0.1, -0.05) is 11.6 Å². The summed E-state index contributed by atoms with van der Waals surface area (Å²) in [5.41, 5.74) is 4.13. The Bertz CT molecular complexity index is 295. The van der Waals surface area contributed by atoms with E-state index in [1.165, 1.54) is 16.7 Å². The maximum atomic E-state index is 3.31. The minimum absolute atomic E-state index is 0.372. The number of hydrogen-bond acceptors (Lipinski definition) is 2. The molecular formula is C11H17NS. The molecule has 0 aromatic carbocycles. The average molecular weight is 195 g/mol. The van der Waals surface area contributed by atoms with E-state index in [1.807, 2.05) is 7.05 Å². The van der Waals surface area contributed by atoms with E-state index in [2.05, 4.69) is 42.9 Å². The van der Waals surface area contributed by atoms with Crippen molar-refractivity contribution in [2.45, 2.75) is 26.8 Å². The van der Waals surface area contributed by atoms with Crippen LogP contribution in [0.1, 0.15) is 31.0 Å². The summed E-state index contributed by atoms with van der Waals surface area (Å²) in [6.07, 6.45) is 2.26. The van der Waals surface area contributed by atoms with Crippen molar-refractivity contribution in [2.75, 3.05) is 7.05 Å². The summed E-state index contributed by atoms with van der Waals surface area (Å²) >= 11 is 1.77.